The molecule has 20 heavy (non-hydrogen) atoms. The van der Waals surface area contributed by atoms with Gasteiger partial charge in [-0.05, 0) is 25.3 Å². The van der Waals surface area contributed by atoms with E-state index in [0.717, 1.165) is 36.3 Å². The zero-order valence-corrected chi connectivity index (χ0v) is 12.2. The summed E-state index contributed by atoms with van der Waals surface area (Å²) < 4.78 is 17.4. The number of ether oxygens (including phenoxy) is 3. The molecule has 1 aliphatic heterocycles. The fraction of sp³-hybridized carbons (Fsp3) is 0.625. The molecule has 0 amide bonds. The largest absolute Gasteiger partial charge is 0.497 e. The van der Waals surface area contributed by atoms with Crippen LogP contribution in [0.15, 0.2) is 18.2 Å². The standard InChI is InChI=1S/C16H23NO3/c1-18-11-6-7-12-13(17)10-16(20-14(12)9-11)8-4-3-5-15(16)19-2/h6-7,9,13,15H,3-5,8,10,17H2,1-2H3. The molecule has 1 aromatic carbocycles. The number of nitrogens with two attached hydrogens (primary N) is 1. The van der Waals surface area contributed by atoms with E-state index in [0.29, 0.717) is 0 Å². The van der Waals surface area contributed by atoms with Gasteiger partial charge in [-0.2, -0.15) is 0 Å². The fourth-order valence-corrected chi connectivity index (χ4v) is 3.64. The van der Waals surface area contributed by atoms with Crippen molar-refractivity contribution in [3.63, 3.8) is 0 Å². The minimum atomic E-state index is -0.272. The first-order valence-electron chi connectivity index (χ1n) is 7.34. The topological polar surface area (TPSA) is 53.7 Å². The molecule has 1 aliphatic carbocycles. The molecule has 3 rings (SSSR count). The van der Waals surface area contributed by atoms with Gasteiger partial charge in [0.2, 0.25) is 0 Å². The third-order valence-corrected chi connectivity index (χ3v) is 4.69. The van der Waals surface area contributed by atoms with Gasteiger partial charge in [0.1, 0.15) is 17.1 Å². The van der Waals surface area contributed by atoms with Gasteiger partial charge in [-0.25, -0.2) is 0 Å². The second-order valence-electron chi connectivity index (χ2n) is 5.85. The lowest BCUT2D eigenvalue weighted by Crippen LogP contribution is -2.54. The predicted molar refractivity (Wildman–Crippen MR) is 77.2 cm³/mol. The Morgan fingerprint density at radius 1 is 1.30 bits per heavy atom. The van der Waals surface area contributed by atoms with Crippen LogP contribution in [-0.2, 0) is 4.74 Å². The van der Waals surface area contributed by atoms with Crippen molar-refractivity contribution in [1.29, 1.82) is 0 Å². The van der Waals surface area contributed by atoms with E-state index in [4.69, 9.17) is 19.9 Å². The van der Waals surface area contributed by atoms with Gasteiger partial charge in [-0.3, -0.25) is 0 Å². The maximum Gasteiger partial charge on any atom is 0.137 e. The summed E-state index contributed by atoms with van der Waals surface area (Å²) in [4.78, 5) is 0. The minimum Gasteiger partial charge on any atom is -0.497 e. The van der Waals surface area contributed by atoms with Crippen molar-refractivity contribution in [3.05, 3.63) is 23.8 Å². The lowest BCUT2D eigenvalue weighted by molar-refractivity contribution is -0.114. The van der Waals surface area contributed by atoms with Crippen LogP contribution in [0.3, 0.4) is 0 Å². The molecule has 0 saturated heterocycles. The van der Waals surface area contributed by atoms with Crippen molar-refractivity contribution in [2.45, 2.75) is 49.9 Å². The molecule has 110 valence electrons. The van der Waals surface area contributed by atoms with Crippen LogP contribution in [-0.4, -0.2) is 25.9 Å². The van der Waals surface area contributed by atoms with Crippen LogP contribution in [0.4, 0.5) is 0 Å². The summed E-state index contributed by atoms with van der Waals surface area (Å²) in [5.74, 6) is 1.66. The van der Waals surface area contributed by atoms with E-state index in [1.54, 1.807) is 14.2 Å². The highest BCUT2D eigenvalue weighted by molar-refractivity contribution is 5.44. The van der Waals surface area contributed by atoms with Crippen molar-refractivity contribution < 1.29 is 14.2 Å². The molecule has 1 saturated carbocycles. The Morgan fingerprint density at radius 3 is 2.90 bits per heavy atom. The summed E-state index contributed by atoms with van der Waals surface area (Å²) in [5.41, 5.74) is 7.18. The highest BCUT2D eigenvalue weighted by atomic mass is 16.5. The van der Waals surface area contributed by atoms with E-state index in [1.165, 1.54) is 12.8 Å². The van der Waals surface area contributed by atoms with Crippen LogP contribution < -0.4 is 15.2 Å². The summed E-state index contributed by atoms with van der Waals surface area (Å²) >= 11 is 0. The van der Waals surface area contributed by atoms with Gasteiger partial charge in [0.05, 0.1) is 13.2 Å². The first-order valence-corrected chi connectivity index (χ1v) is 7.34. The Bertz CT molecular complexity index is 491. The first kappa shape index (κ1) is 13.7. The average Bonchev–Trinajstić information content (AvgIpc) is 2.47. The number of fused-ring (bicyclic) bond motifs is 1. The van der Waals surface area contributed by atoms with E-state index in [1.807, 2.05) is 18.2 Å². The SMILES string of the molecule is COc1ccc2c(c1)OC1(CCCCC1OC)CC2N. The second kappa shape index (κ2) is 5.26. The van der Waals surface area contributed by atoms with Crippen molar-refractivity contribution in [3.8, 4) is 11.5 Å². The molecule has 1 aromatic rings. The third-order valence-electron chi connectivity index (χ3n) is 4.69. The van der Waals surface area contributed by atoms with Gasteiger partial charge in [0, 0.05) is 31.2 Å². The summed E-state index contributed by atoms with van der Waals surface area (Å²) in [7, 11) is 3.44. The monoisotopic (exact) mass is 277 g/mol. The van der Waals surface area contributed by atoms with Crippen LogP contribution in [0.5, 0.6) is 11.5 Å². The van der Waals surface area contributed by atoms with Gasteiger partial charge in [0.25, 0.3) is 0 Å². The molecule has 0 aromatic heterocycles. The molecular weight excluding hydrogens is 254 g/mol. The molecule has 4 nitrogen and oxygen atoms in total. The molecule has 1 fully saturated rings. The molecule has 2 N–H and O–H groups in total. The molecular formula is C16H23NO3. The van der Waals surface area contributed by atoms with Crippen LogP contribution in [0.2, 0.25) is 0 Å². The number of hydrogen-bond donors (Lipinski definition) is 1. The number of methoxy groups -OCH3 is 2. The summed E-state index contributed by atoms with van der Waals surface area (Å²) in [6.07, 6.45) is 5.38. The van der Waals surface area contributed by atoms with Gasteiger partial charge < -0.3 is 19.9 Å². The van der Waals surface area contributed by atoms with Crippen LogP contribution in [0, 0.1) is 0 Å². The predicted octanol–water partition coefficient (Wildman–Crippen LogP) is 2.81. The maximum absolute atomic E-state index is 6.39. The summed E-state index contributed by atoms with van der Waals surface area (Å²) in [6.45, 7) is 0. The fourth-order valence-electron chi connectivity index (χ4n) is 3.64. The minimum absolute atomic E-state index is 0.000376. The van der Waals surface area contributed by atoms with E-state index >= 15 is 0 Å². The quantitative estimate of drug-likeness (QED) is 0.903. The Balaban J connectivity index is 1.97. The summed E-state index contributed by atoms with van der Waals surface area (Å²) in [5, 5.41) is 0. The normalized spacial score (nSPS) is 32.5. The second-order valence-corrected chi connectivity index (χ2v) is 5.85. The Morgan fingerprint density at radius 2 is 2.15 bits per heavy atom. The summed E-state index contributed by atoms with van der Waals surface area (Å²) in [6, 6.07) is 5.89. The average molecular weight is 277 g/mol. The zero-order valence-electron chi connectivity index (χ0n) is 12.2. The first-order chi connectivity index (χ1) is 9.68. The van der Waals surface area contributed by atoms with Crippen LogP contribution in [0.25, 0.3) is 0 Å². The van der Waals surface area contributed by atoms with E-state index in [9.17, 15) is 0 Å². The van der Waals surface area contributed by atoms with Crippen molar-refractivity contribution in [1.82, 2.24) is 0 Å². The van der Waals surface area contributed by atoms with Crippen LogP contribution in [0.1, 0.15) is 43.7 Å². The van der Waals surface area contributed by atoms with Crippen molar-refractivity contribution in [2.75, 3.05) is 14.2 Å². The lowest BCUT2D eigenvalue weighted by Gasteiger charge is -2.47. The molecule has 0 radical (unpaired) electrons. The van der Waals surface area contributed by atoms with Gasteiger partial charge >= 0.3 is 0 Å². The van der Waals surface area contributed by atoms with E-state index < -0.39 is 0 Å². The highest BCUT2D eigenvalue weighted by Crippen LogP contribution is 2.47. The molecule has 3 unspecified atom stereocenters. The number of benzene rings is 1. The zero-order chi connectivity index (χ0) is 14.2. The van der Waals surface area contributed by atoms with E-state index in [2.05, 4.69) is 0 Å². The number of hydrogen-bond acceptors (Lipinski definition) is 4. The van der Waals surface area contributed by atoms with Gasteiger partial charge in [-0.15, -0.1) is 0 Å². The molecule has 0 bridgehead atoms. The molecule has 1 heterocycles. The van der Waals surface area contributed by atoms with Gasteiger partial charge in [-0.1, -0.05) is 12.5 Å². The third kappa shape index (κ3) is 2.17. The Kier molecular flexibility index (Phi) is 3.61. The maximum atomic E-state index is 6.39. The highest BCUT2D eigenvalue weighted by Gasteiger charge is 2.47. The van der Waals surface area contributed by atoms with Gasteiger partial charge in [0.15, 0.2) is 0 Å². The molecule has 1 spiro atoms. The Labute approximate surface area is 120 Å². The van der Waals surface area contributed by atoms with Crippen molar-refractivity contribution >= 4 is 0 Å². The lowest BCUT2D eigenvalue weighted by atomic mass is 9.75. The van der Waals surface area contributed by atoms with Crippen LogP contribution >= 0.6 is 0 Å². The molecule has 3 atom stereocenters. The smallest absolute Gasteiger partial charge is 0.137 e. The van der Waals surface area contributed by atoms with Crippen molar-refractivity contribution in [2.24, 2.45) is 5.73 Å². The van der Waals surface area contributed by atoms with E-state index in [-0.39, 0.29) is 17.7 Å². The Hall–Kier alpha value is -1.26. The number of rotatable bonds is 2. The molecule has 4 heteroatoms. The molecule has 2 aliphatic rings.